The van der Waals surface area contributed by atoms with Crippen molar-refractivity contribution in [3.8, 4) is 0 Å². The molecule has 7 nitrogen and oxygen atoms in total. The van der Waals surface area contributed by atoms with Crippen LogP contribution in [0.15, 0.2) is 24.3 Å². The Balaban J connectivity index is 1.91. The van der Waals surface area contributed by atoms with Crippen LogP contribution >= 0.6 is 0 Å². The molecule has 2 rings (SSSR count). The molecule has 1 heterocycles. The number of hydrogen-bond donors (Lipinski definition) is 3. The van der Waals surface area contributed by atoms with Gasteiger partial charge in [-0.1, -0.05) is 12.1 Å². The second kappa shape index (κ2) is 8.33. The van der Waals surface area contributed by atoms with Gasteiger partial charge in [-0.05, 0) is 37.0 Å². The Labute approximate surface area is 140 Å². The quantitative estimate of drug-likeness (QED) is 0.691. The van der Waals surface area contributed by atoms with Crippen LogP contribution in [0.2, 0.25) is 0 Å². The van der Waals surface area contributed by atoms with Crippen molar-refractivity contribution in [2.24, 2.45) is 0 Å². The monoisotopic (exact) mass is 334 g/mol. The number of carboxylic acids is 2. The lowest BCUT2D eigenvalue weighted by molar-refractivity contribution is -0.137. The summed E-state index contributed by atoms with van der Waals surface area (Å²) in [5, 5.41) is 20.4. The van der Waals surface area contributed by atoms with E-state index in [1.807, 2.05) is 6.07 Å². The summed E-state index contributed by atoms with van der Waals surface area (Å²) in [6, 6.07) is 6.65. The molecule has 0 unspecified atom stereocenters. The number of urea groups is 1. The lowest BCUT2D eigenvalue weighted by Gasteiger charge is -2.33. The molecule has 130 valence electrons. The van der Waals surface area contributed by atoms with Crippen LogP contribution < -0.4 is 5.32 Å². The number of carbonyl (C=O) groups is 3. The number of carbonyl (C=O) groups excluding carboxylic acids is 1. The number of piperidine rings is 1. The fourth-order valence-corrected chi connectivity index (χ4v) is 2.91. The van der Waals surface area contributed by atoms with Crippen LogP contribution in [0.5, 0.6) is 0 Å². The zero-order valence-electron chi connectivity index (χ0n) is 13.4. The number of benzene rings is 1. The van der Waals surface area contributed by atoms with Crippen LogP contribution in [0.1, 0.15) is 47.5 Å². The highest BCUT2D eigenvalue weighted by atomic mass is 16.4. The summed E-state index contributed by atoms with van der Waals surface area (Å²) in [6.45, 7) is 1.52. The molecular formula is C17H22N2O5. The molecule has 1 fully saturated rings. The van der Waals surface area contributed by atoms with Gasteiger partial charge < -0.3 is 20.4 Å². The number of nitrogens with zero attached hydrogens (tertiary/aromatic N) is 1. The van der Waals surface area contributed by atoms with Gasteiger partial charge in [-0.15, -0.1) is 0 Å². The van der Waals surface area contributed by atoms with Gasteiger partial charge >= 0.3 is 18.0 Å². The van der Waals surface area contributed by atoms with Crippen LogP contribution in [0.3, 0.4) is 0 Å². The minimum Gasteiger partial charge on any atom is -0.481 e. The Kier molecular flexibility index (Phi) is 6.17. The van der Waals surface area contributed by atoms with Gasteiger partial charge in [-0.3, -0.25) is 4.79 Å². The number of carboxylic acid groups (broad SMARTS) is 2. The maximum atomic E-state index is 12.2. The van der Waals surface area contributed by atoms with E-state index >= 15 is 0 Å². The van der Waals surface area contributed by atoms with E-state index in [1.54, 1.807) is 23.1 Å². The van der Waals surface area contributed by atoms with Crippen molar-refractivity contribution >= 4 is 18.0 Å². The summed E-state index contributed by atoms with van der Waals surface area (Å²) >= 11 is 0. The summed E-state index contributed by atoms with van der Waals surface area (Å²) in [6.07, 6.45) is 2.19. The van der Waals surface area contributed by atoms with Crippen molar-refractivity contribution < 1.29 is 24.6 Å². The zero-order chi connectivity index (χ0) is 17.5. The lowest BCUT2D eigenvalue weighted by atomic mass is 9.90. The van der Waals surface area contributed by atoms with Gasteiger partial charge in [0.2, 0.25) is 0 Å². The highest BCUT2D eigenvalue weighted by Gasteiger charge is 2.25. The average molecular weight is 334 g/mol. The van der Waals surface area contributed by atoms with Crippen LogP contribution in [0.25, 0.3) is 0 Å². The Hall–Kier alpha value is -2.57. The first-order chi connectivity index (χ1) is 11.5. The van der Waals surface area contributed by atoms with Gasteiger partial charge in [0.05, 0.1) is 5.56 Å². The van der Waals surface area contributed by atoms with Crippen molar-refractivity contribution in [1.29, 1.82) is 0 Å². The van der Waals surface area contributed by atoms with E-state index < -0.39 is 11.9 Å². The number of likely N-dealkylation sites (tertiary alicyclic amines) is 1. The zero-order valence-corrected chi connectivity index (χ0v) is 13.4. The molecule has 0 aromatic heterocycles. The minimum absolute atomic E-state index is 0.0326. The SMILES string of the molecule is O=C(O)CCCNC(=O)N1CCC[C@@H](c2cccc(C(=O)O)c2)C1. The Bertz CT molecular complexity index is 617. The second-order valence-corrected chi connectivity index (χ2v) is 5.95. The van der Waals surface area contributed by atoms with E-state index in [0.29, 0.717) is 26.1 Å². The van der Waals surface area contributed by atoms with E-state index in [2.05, 4.69) is 5.32 Å². The fourth-order valence-electron chi connectivity index (χ4n) is 2.91. The first-order valence-corrected chi connectivity index (χ1v) is 8.05. The van der Waals surface area contributed by atoms with Crippen molar-refractivity contribution in [3.05, 3.63) is 35.4 Å². The molecule has 1 aliphatic rings. The maximum Gasteiger partial charge on any atom is 0.335 e. The molecular weight excluding hydrogens is 312 g/mol. The number of rotatable bonds is 6. The van der Waals surface area contributed by atoms with Crippen LogP contribution in [-0.2, 0) is 4.79 Å². The van der Waals surface area contributed by atoms with Crippen molar-refractivity contribution in [3.63, 3.8) is 0 Å². The van der Waals surface area contributed by atoms with E-state index in [9.17, 15) is 14.4 Å². The number of aromatic carboxylic acids is 1. The largest absolute Gasteiger partial charge is 0.481 e. The maximum absolute atomic E-state index is 12.2. The Morgan fingerprint density at radius 3 is 2.75 bits per heavy atom. The standard InChI is InChI=1S/C17H22N2O5/c20-15(21)7-2-8-18-17(24)19-9-3-6-14(11-19)12-4-1-5-13(10-12)16(22)23/h1,4-5,10,14H,2-3,6-9,11H2,(H,18,24)(H,20,21)(H,22,23)/t14-/m1/s1. The second-order valence-electron chi connectivity index (χ2n) is 5.95. The third-order valence-electron chi connectivity index (χ3n) is 4.16. The number of amides is 2. The summed E-state index contributed by atoms with van der Waals surface area (Å²) in [5.41, 5.74) is 1.18. The molecule has 24 heavy (non-hydrogen) atoms. The van der Waals surface area contributed by atoms with E-state index in [0.717, 1.165) is 18.4 Å². The molecule has 0 bridgehead atoms. The number of nitrogens with one attached hydrogen (secondary N) is 1. The molecule has 0 radical (unpaired) electrons. The summed E-state index contributed by atoms with van der Waals surface area (Å²) in [5.74, 6) is -1.72. The first-order valence-electron chi connectivity index (χ1n) is 8.05. The van der Waals surface area contributed by atoms with Crippen molar-refractivity contribution in [2.45, 2.75) is 31.6 Å². The molecule has 1 aromatic carbocycles. The van der Waals surface area contributed by atoms with Crippen molar-refractivity contribution in [1.82, 2.24) is 10.2 Å². The van der Waals surface area contributed by atoms with Crippen molar-refractivity contribution in [2.75, 3.05) is 19.6 Å². The third-order valence-corrected chi connectivity index (χ3v) is 4.16. The van der Waals surface area contributed by atoms with E-state index in [-0.39, 0.29) is 23.9 Å². The highest BCUT2D eigenvalue weighted by molar-refractivity contribution is 5.87. The molecule has 0 spiro atoms. The van der Waals surface area contributed by atoms with E-state index in [1.165, 1.54) is 0 Å². The summed E-state index contributed by atoms with van der Waals surface area (Å²) in [4.78, 5) is 35.4. The third kappa shape index (κ3) is 4.97. The van der Waals surface area contributed by atoms with E-state index in [4.69, 9.17) is 10.2 Å². The number of aliphatic carboxylic acids is 1. The average Bonchev–Trinajstić information content (AvgIpc) is 2.58. The van der Waals surface area contributed by atoms with Gasteiger partial charge in [0.1, 0.15) is 0 Å². The molecule has 1 atom stereocenters. The molecule has 1 aliphatic heterocycles. The molecule has 0 saturated carbocycles. The van der Waals surface area contributed by atoms with Crippen LogP contribution in [0.4, 0.5) is 4.79 Å². The smallest absolute Gasteiger partial charge is 0.335 e. The Morgan fingerprint density at radius 2 is 2.04 bits per heavy atom. The normalized spacial score (nSPS) is 17.3. The lowest BCUT2D eigenvalue weighted by Crippen LogP contribution is -2.45. The summed E-state index contributed by atoms with van der Waals surface area (Å²) < 4.78 is 0. The Morgan fingerprint density at radius 1 is 1.25 bits per heavy atom. The van der Waals surface area contributed by atoms with Gasteiger partial charge in [0.25, 0.3) is 0 Å². The van der Waals surface area contributed by atoms with Gasteiger partial charge in [-0.25, -0.2) is 9.59 Å². The summed E-state index contributed by atoms with van der Waals surface area (Å²) in [7, 11) is 0. The topological polar surface area (TPSA) is 107 Å². The molecule has 1 aromatic rings. The minimum atomic E-state index is -0.958. The van der Waals surface area contributed by atoms with Crippen LogP contribution in [-0.4, -0.2) is 52.7 Å². The molecule has 1 saturated heterocycles. The van der Waals surface area contributed by atoms with Gasteiger partial charge in [0.15, 0.2) is 0 Å². The molecule has 7 heteroatoms. The highest BCUT2D eigenvalue weighted by Crippen LogP contribution is 2.27. The van der Waals surface area contributed by atoms with Crippen LogP contribution in [0, 0.1) is 0 Å². The molecule has 2 amide bonds. The predicted molar refractivity (Wildman–Crippen MR) is 87.2 cm³/mol. The fraction of sp³-hybridized carbons (Fsp3) is 0.471. The predicted octanol–water partition coefficient (Wildman–Crippen LogP) is 2.14. The van der Waals surface area contributed by atoms with Gasteiger partial charge in [0, 0.05) is 32.0 Å². The molecule has 0 aliphatic carbocycles. The van der Waals surface area contributed by atoms with Gasteiger partial charge in [-0.2, -0.15) is 0 Å². The first kappa shape index (κ1) is 17.8. The molecule has 3 N–H and O–H groups in total. The number of hydrogen-bond acceptors (Lipinski definition) is 3.